The second-order valence-corrected chi connectivity index (χ2v) is 7.78. The minimum absolute atomic E-state index is 0.0420. The van der Waals surface area contributed by atoms with Gasteiger partial charge in [-0.15, -0.1) is 0 Å². The molecule has 0 bridgehead atoms. The Kier molecular flexibility index (Phi) is 4.52. The van der Waals surface area contributed by atoms with Gasteiger partial charge in [-0.2, -0.15) is 0 Å². The Labute approximate surface area is 121 Å². The fourth-order valence-corrected chi connectivity index (χ4v) is 4.12. The van der Waals surface area contributed by atoms with E-state index >= 15 is 0 Å². The molecule has 4 nitrogen and oxygen atoms in total. The van der Waals surface area contributed by atoms with Crippen molar-refractivity contribution in [3.63, 3.8) is 0 Å². The summed E-state index contributed by atoms with van der Waals surface area (Å²) in [5.41, 5.74) is 1.77. The molecule has 112 valence electrons. The van der Waals surface area contributed by atoms with Crippen molar-refractivity contribution in [2.45, 2.75) is 56.4 Å². The highest BCUT2D eigenvalue weighted by molar-refractivity contribution is 7.89. The van der Waals surface area contributed by atoms with Gasteiger partial charge in [0.05, 0.1) is 4.90 Å². The smallest absolute Gasteiger partial charge is 0.241 e. The van der Waals surface area contributed by atoms with E-state index in [0.29, 0.717) is 11.3 Å². The summed E-state index contributed by atoms with van der Waals surface area (Å²) in [4.78, 5) is 0.323. The van der Waals surface area contributed by atoms with Crippen LogP contribution in [0.25, 0.3) is 0 Å². The minimum atomic E-state index is -3.53. The predicted molar refractivity (Wildman–Crippen MR) is 79.2 cm³/mol. The molecule has 5 heteroatoms. The van der Waals surface area contributed by atoms with Crippen molar-refractivity contribution < 1.29 is 13.5 Å². The minimum Gasteiger partial charge on any atom is -0.396 e. The van der Waals surface area contributed by atoms with Crippen LogP contribution in [0.5, 0.6) is 0 Å². The van der Waals surface area contributed by atoms with E-state index in [2.05, 4.69) is 4.72 Å². The number of hydrogen-bond donors (Lipinski definition) is 2. The maximum Gasteiger partial charge on any atom is 0.241 e. The molecule has 20 heavy (non-hydrogen) atoms. The summed E-state index contributed by atoms with van der Waals surface area (Å²) in [5.74, 6) is 0. The molecular weight excluding hydrogens is 274 g/mol. The molecule has 0 spiro atoms. The summed E-state index contributed by atoms with van der Waals surface area (Å²) in [6.45, 7) is 3.51. The van der Waals surface area contributed by atoms with Crippen LogP contribution in [0, 0.1) is 0 Å². The third-order valence-electron chi connectivity index (χ3n) is 3.78. The quantitative estimate of drug-likeness (QED) is 0.873. The zero-order valence-electron chi connectivity index (χ0n) is 12.1. The molecule has 2 rings (SSSR count). The number of benzene rings is 1. The number of sulfonamides is 1. The lowest BCUT2D eigenvalue weighted by atomic mass is 9.92. The number of aliphatic hydroxyl groups is 1. The van der Waals surface area contributed by atoms with E-state index in [9.17, 15) is 8.42 Å². The predicted octanol–water partition coefficient (Wildman–Crippen LogP) is 2.00. The van der Waals surface area contributed by atoms with Crippen molar-refractivity contribution in [1.82, 2.24) is 4.72 Å². The standard InChI is InChI=1S/C15H23NO3S/c1-15(2,9-10-17)16-20(18,19)14-8-7-12-5-3-4-6-13(12)11-14/h7-8,11,16-17H,3-6,9-10H2,1-2H3. The lowest BCUT2D eigenvalue weighted by Crippen LogP contribution is -2.43. The molecule has 0 atom stereocenters. The molecule has 1 aromatic carbocycles. The van der Waals surface area contributed by atoms with Crippen molar-refractivity contribution in [2.24, 2.45) is 0 Å². The SMILES string of the molecule is CC(C)(CCO)NS(=O)(=O)c1ccc2c(c1)CCCC2. The molecule has 0 saturated heterocycles. The number of fused-ring (bicyclic) bond motifs is 1. The van der Waals surface area contributed by atoms with Gasteiger partial charge in [-0.1, -0.05) is 6.07 Å². The van der Waals surface area contributed by atoms with Crippen LogP contribution in [0.15, 0.2) is 23.1 Å². The van der Waals surface area contributed by atoms with Crippen LogP contribution in [0.1, 0.15) is 44.2 Å². The first-order valence-electron chi connectivity index (χ1n) is 7.11. The maximum atomic E-state index is 12.4. The fraction of sp³-hybridized carbons (Fsp3) is 0.600. The van der Waals surface area contributed by atoms with E-state index in [-0.39, 0.29) is 6.61 Å². The van der Waals surface area contributed by atoms with Gasteiger partial charge in [-0.3, -0.25) is 0 Å². The summed E-state index contributed by atoms with van der Waals surface area (Å²) in [7, 11) is -3.53. The van der Waals surface area contributed by atoms with Crippen LogP contribution < -0.4 is 4.72 Å². The lowest BCUT2D eigenvalue weighted by Gasteiger charge is -2.25. The van der Waals surface area contributed by atoms with E-state index in [1.165, 1.54) is 12.0 Å². The van der Waals surface area contributed by atoms with Crippen molar-refractivity contribution in [3.05, 3.63) is 29.3 Å². The van der Waals surface area contributed by atoms with Crippen LogP contribution >= 0.6 is 0 Å². The summed E-state index contributed by atoms with van der Waals surface area (Å²) < 4.78 is 27.5. The molecule has 1 aliphatic rings. The van der Waals surface area contributed by atoms with E-state index in [4.69, 9.17) is 5.11 Å². The molecule has 1 aromatic rings. The van der Waals surface area contributed by atoms with Gasteiger partial charge in [-0.25, -0.2) is 13.1 Å². The van der Waals surface area contributed by atoms with E-state index in [1.807, 2.05) is 6.07 Å². The van der Waals surface area contributed by atoms with Gasteiger partial charge in [0.15, 0.2) is 0 Å². The zero-order chi connectivity index (χ0) is 14.8. The monoisotopic (exact) mass is 297 g/mol. The first-order chi connectivity index (χ1) is 9.34. The van der Waals surface area contributed by atoms with Crippen LogP contribution in [0.4, 0.5) is 0 Å². The van der Waals surface area contributed by atoms with Crippen molar-refractivity contribution in [1.29, 1.82) is 0 Å². The Hall–Kier alpha value is -0.910. The number of aliphatic hydroxyl groups excluding tert-OH is 1. The summed E-state index contributed by atoms with van der Waals surface area (Å²) >= 11 is 0. The second kappa shape index (κ2) is 5.84. The maximum absolute atomic E-state index is 12.4. The van der Waals surface area contributed by atoms with Crippen LogP contribution in [-0.4, -0.2) is 25.7 Å². The summed E-state index contributed by atoms with van der Waals surface area (Å²) in [6.07, 6.45) is 4.69. The molecule has 2 N–H and O–H groups in total. The van der Waals surface area contributed by atoms with E-state index in [1.54, 1.807) is 26.0 Å². The van der Waals surface area contributed by atoms with Gasteiger partial charge in [0.2, 0.25) is 10.0 Å². The van der Waals surface area contributed by atoms with Crippen molar-refractivity contribution in [2.75, 3.05) is 6.61 Å². The van der Waals surface area contributed by atoms with Crippen molar-refractivity contribution >= 4 is 10.0 Å². The average Bonchev–Trinajstić information content (AvgIpc) is 2.36. The number of aryl methyl sites for hydroxylation is 2. The zero-order valence-corrected chi connectivity index (χ0v) is 13.0. The first-order valence-corrected chi connectivity index (χ1v) is 8.59. The molecule has 0 aromatic heterocycles. The van der Waals surface area contributed by atoms with Gasteiger partial charge in [0.25, 0.3) is 0 Å². The Morgan fingerprint density at radius 1 is 1.20 bits per heavy atom. The first kappa shape index (κ1) is 15.5. The third kappa shape index (κ3) is 3.59. The number of hydrogen-bond acceptors (Lipinski definition) is 3. The molecule has 0 amide bonds. The Bertz CT molecular complexity index is 579. The lowest BCUT2D eigenvalue weighted by molar-refractivity contribution is 0.245. The Morgan fingerprint density at radius 2 is 1.85 bits per heavy atom. The van der Waals surface area contributed by atoms with Gasteiger partial charge < -0.3 is 5.11 Å². The van der Waals surface area contributed by atoms with Gasteiger partial charge >= 0.3 is 0 Å². The summed E-state index contributed by atoms with van der Waals surface area (Å²) in [5, 5.41) is 8.99. The second-order valence-electron chi connectivity index (χ2n) is 6.10. The molecule has 0 saturated carbocycles. The van der Waals surface area contributed by atoms with Crippen LogP contribution in [0.2, 0.25) is 0 Å². The molecule has 1 aliphatic carbocycles. The topological polar surface area (TPSA) is 66.4 Å². The molecule has 0 radical (unpaired) electrons. The van der Waals surface area contributed by atoms with Gasteiger partial charge in [0.1, 0.15) is 0 Å². The molecule has 0 unspecified atom stereocenters. The number of rotatable bonds is 5. The Morgan fingerprint density at radius 3 is 2.50 bits per heavy atom. The van der Waals surface area contributed by atoms with Gasteiger partial charge in [0, 0.05) is 12.1 Å². The van der Waals surface area contributed by atoms with E-state index in [0.717, 1.165) is 24.8 Å². The van der Waals surface area contributed by atoms with E-state index < -0.39 is 15.6 Å². The molecular formula is C15H23NO3S. The largest absolute Gasteiger partial charge is 0.396 e. The van der Waals surface area contributed by atoms with Crippen molar-refractivity contribution in [3.8, 4) is 0 Å². The highest BCUT2D eigenvalue weighted by Crippen LogP contribution is 2.25. The average molecular weight is 297 g/mol. The molecule has 0 fully saturated rings. The Balaban J connectivity index is 2.26. The molecule has 0 heterocycles. The summed E-state index contributed by atoms with van der Waals surface area (Å²) in [6, 6.07) is 5.41. The number of nitrogens with one attached hydrogen (secondary N) is 1. The third-order valence-corrected chi connectivity index (χ3v) is 5.47. The van der Waals surface area contributed by atoms with Crippen LogP contribution in [0.3, 0.4) is 0 Å². The van der Waals surface area contributed by atoms with Gasteiger partial charge in [-0.05, 0) is 69.2 Å². The highest BCUT2D eigenvalue weighted by Gasteiger charge is 2.26. The highest BCUT2D eigenvalue weighted by atomic mass is 32.2. The fourth-order valence-electron chi connectivity index (χ4n) is 2.63. The normalized spacial score (nSPS) is 15.9. The van der Waals surface area contributed by atoms with Crippen LogP contribution in [-0.2, 0) is 22.9 Å². The molecule has 0 aliphatic heterocycles.